The Kier molecular flexibility index (Phi) is 5.25. The normalized spacial score (nSPS) is 14.9. The third-order valence-corrected chi connectivity index (χ3v) is 4.02. The number of nitrogens with zero attached hydrogens (tertiary/aromatic N) is 3. The summed E-state index contributed by atoms with van der Waals surface area (Å²) < 4.78 is 64.1. The van der Waals surface area contributed by atoms with Crippen LogP contribution in [0.3, 0.4) is 0 Å². The van der Waals surface area contributed by atoms with Crippen LogP contribution in [0.4, 0.5) is 29.2 Å². The minimum atomic E-state index is -4.71. The van der Waals surface area contributed by atoms with Crippen molar-refractivity contribution in [1.29, 1.82) is 0 Å². The van der Waals surface area contributed by atoms with Crippen LogP contribution in [-0.4, -0.2) is 48.1 Å². The molecule has 4 bridgehead atoms. The molecule has 0 radical (unpaired) electrons. The molecule has 1 aliphatic rings. The van der Waals surface area contributed by atoms with Crippen molar-refractivity contribution in [2.75, 3.05) is 32.6 Å². The van der Waals surface area contributed by atoms with Crippen molar-refractivity contribution < 1.29 is 31.8 Å². The summed E-state index contributed by atoms with van der Waals surface area (Å²) >= 11 is 0. The fourth-order valence-corrected chi connectivity index (χ4v) is 2.66. The highest BCUT2D eigenvalue weighted by atomic mass is 19.4. The molecule has 150 valence electrons. The zero-order valence-electron chi connectivity index (χ0n) is 14.9. The van der Waals surface area contributed by atoms with Crippen LogP contribution in [0.2, 0.25) is 0 Å². The molecule has 1 N–H and O–H groups in total. The highest BCUT2D eigenvalue weighted by Crippen LogP contribution is 2.37. The van der Waals surface area contributed by atoms with Gasteiger partial charge in [0, 0.05) is 25.4 Å². The van der Waals surface area contributed by atoms with Gasteiger partial charge in [-0.2, -0.15) is 18.2 Å². The number of halogens is 4. The molecule has 0 saturated heterocycles. The molecule has 0 unspecified atom stereocenters. The van der Waals surface area contributed by atoms with Gasteiger partial charge >= 0.3 is 6.18 Å². The van der Waals surface area contributed by atoms with E-state index in [0.29, 0.717) is 6.20 Å². The second-order valence-electron chi connectivity index (χ2n) is 6.00. The van der Waals surface area contributed by atoms with Gasteiger partial charge in [0.05, 0.1) is 19.4 Å². The van der Waals surface area contributed by atoms with Crippen LogP contribution < -0.4 is 14.8 Å². The zero-order valence-corrected chi connectivity index (χ0v) is 14.9. The first kappa shape index (κ1) is 19.6. The van der Waals surface area contributed by atoms with Crippen LogP contribution in [0.5, 0.6) is 11.6 Å². The molecular formula is C17H16F4N4O3. The molecule has 7 nitrogen and oxygen atoms in total. The molecule has 0 atom stereocenters. The number of methoxy groups -OCH3 is 1. The number of carbonyl (C=O) groups is 1. The zero-order chi connectivity index (χ0) is 20.5. The maximum absolute atomic E-state index is 14.4. The van der Waals surface area contributed by atoms with Crippen molar-refractivity contribution in [1.82, 2.24) is 14.9 Å². The number of anilines is 2. The Morgan fingerprint density at radius 2 is 2.07 bits per heavy atom. The lowest BCUT2D eigenvalue weighted by atomic mass is 10.1. The highest BCUT2D eigenvalue weighted by molar-refractivity contribution is 5.95. The number of hydrogen-bond donors (Lipinski definition) is 1. The largest absolute Gasteiger partial charge is 0.492 e. The first-order valence-electron chi connectivity index (χ1n) is 8.17. The molecule has 0 aliphatic carbocycles. The van der Waals surface area contributed by atoms with E-state index in [2.05, 4.69) is 15.3 Å². The molecule has 1 aliphatic heterocycles. The van der Waals surface area contributed by atoms with Gasteiger partial charge < -0.3 is 19.7 Å². The fraction of sp³-hybridized carbons (Fsp3) is 0.353. The van der Waals surface area contributed by atoms with Gasteiger partial charge in [0.2, 0.25) is 11.8 Å². The van der Waals surface area contributed by atoms with E-state index in [0.717, 1.165) is 6.07 Å². The minimum absolute atomic E-state index is 0.00999. The van der Waals surface area contributed by atoms with Crippen LogP contribution >= 0.6 is 0 Å². The van der Waals surface area contributed by atoms with Gasteiger partial charge in [-0.05, 0) is 18.6 Å². The van der Waals surface area contributed by atoms with Gasteiger partial charge in [0.1, 0.15) is 5.56 Å². The quantitative estimate of drug-likeness (QED) is 0.741. The van der Waals surface area contributed by atoms with E-state index in [-0.39, 0.29) is 42.5 Å². The van der Waals surface area contributed by atoms with Crippen molar-refractivity contribution in [2.45, 2.75) is 12.6 Å². The van der Waals surface area contributed by atoms with E-state index in [1.165, 1.54) is 25.1 Å². The number of amides is 1. The van der Waals surface area contributed by atoms with Crippen LogP contribution in [-0.2, 0) is 6.18 Å². The van der Waals surface area contributed by atoms with Crippen LogP contribution in [0.25, 0.3) is 0 Å². The second kappa shape index (κ2) is 7.49. The van der Waals surface area contributed by atoms with Gasteiger partial charge in [-0.15, -0.1) is 0 Å². The fourth-order valence-electron chi connectivity index (χ4n) is 2.66. The average Bonchev–Trinajstić information content (AvgIpc) is 2.63. The SMILES string of the molecule is COc1c(F)cc2cc1Nc1ncc(C(F)(F)F)c(n1)OCCCN(C)C2=O. The van der Waals surface area contributed by atoms with Crippen molar-refractivity contribution in [3.63, 3.8) is 0 Å². The first-order valence-corrected chi connectivity index (χ1v) is 8.17. The maximum atomic E-state index is 14.4. The number of nitrogens with one attached hydrogen (secondary N) is 1. The van der Waals surface area contributed by atoms with Gasteiger partial charge in [-0.1, -0.05) is 0 Å². The molecular weight excluding hydrogens is 384 g/mol. The van der Waals surface area contributed by atoms with E-state index < -0.39 is 29.3 Å². The number of ether oxygens (including phenoxy) is 2. The van der Waals surface area contributed by atoms with E-state index in [1.807, 2.05) is 0 Å². The summed E-state index contributed by atoms with van der Waals surface area (Å²) in [6, 6.07) is 2.35. The van der Waals surface area contributed by atoms with Gasteiger partial charge in [-0.3, -0.25) is 4.79 Å². The smallest absolute Gasteiger partial charge is 0.423 e. The summed E-state index contributed by atoms with van der Waals surface area (Å²) in [4.78, 5) is 21.2. The average molecular weight is 400 g/mol. The number of benzene rings is 1. The van der Waals surface area contributed by atoms with Crippen molar-refractivity contribution in [3.05, 3.63) is 35.3 Å². The Balaban J connectivity index is 2.13. The number of aromatic nitrogens is 2. The summed E-state index contributed by atoms with van der Waals surface area (Å²) in [7, 11) is 2.71. The lowest BCUT2D eigenvalue weighted by molar-refractivity contribution is -0.139. The van der Waals surface area contributed by atoms with E-state index >= 15 is 0 Å². The van der Waals surface area contributed by atoms with E-state index in [1.54, 1.807) is 0 Å². The monoisotopic (exact) mass is 400 g/mol. The summed E-state index contributed by atoms with van der Waals surface area (Å²) in [6.45, 7) is 0.0843. The molecule has 3 rings (SSSR count). The second-order valence-corrected chi connectivity index (χ2v) is 6.00. The summed E-state index contributed by atoms with van der Waals surface area (Å²) in [5.41, 5.74) is -1.11. The molecule has 1 aromatic heterocycles. The Morgan fingerprint density at radius 3 is 2.75 bits per heavy atom. The number of carbonyl (C=O) groups excluding carboxylic acids is 1. The number of fused-ring (bicyclic) bond motifs is 4. The Labute approximate surface area is 157 Å². The molecule has 11 heteroatoms. The molecule has 0 spiro atoms. The van der Waals surface area contributed by atoms with Crippen LogP contribution in [0.15, 0.2) is 18.3 Å². The third-order valence-electron chi connectivity index (χ3n) is 4.02. The number of hydrogen-bond acceptors (Lipinski definition) is 6. The predicted octanol–water partition coefficient (Wildman–Crippen LogP) is 3.24. The molecule has 1 amide bonds. The van der Waals surface area contributed by atoms with Gasteiger partial charge in [-0.25, -0.2) is 9.37 Å². The Morgan fingerprint density at radius 1 is 1.32 bits per heavy atom. The van der Waals surface area contributed by atoms with E-state index in [4.69, 9.17) is 9.47 Å². The lowest BCUT2D eigenvalue weighted by Gasteiger charge is -2.18. The minimum Gasteiger partial charge on any atom is -0.492 e. The van der Waals surface area contributed by atoms with Crippen molar-refractivity contribution in [3.8, 4) is 11.6 Å². The third kappa shape index (κ3) is 3.92. The standard InChI is InChI=1S/C17H16F4N4O3/c1-25-4-3-5-28-14-10(17(19,20)21)8-22-16(24-14)23-12-7-9(15(25)26)6-11(18)13(12)27-2/h6-8H,3-5H2,1-2H3,(H,22,23,24). The van der Waals surface area contributed by atoms with Crippen LogP contribution in [0, 0.1) is 5.82 Å². The molecule has 0 saturated carbocycles. The Hall–Kier alpha value is -3.11. The molecule has 2 aromatic rings. The Bertz CT molecular complexity index is 905. The van der Waals surface area contributed by atoms with Crippen molar-refractivity contribution in [2.24, 2.45) is 0 Å². The predicted molar refractivity (Wildman–Crippen MR) is 90.3 cm³/mol. The number of alkyl halides is 3. The maximum Gasteiger partial charge on any atom is 0.423 e. The van der Waals surface area contributed by atoms with Crippen LogP contribution in [0.1, 0.15) is 22.3 Å². The first-order chi connectivity index (χ1) is 13.2. The van der Waals surface area contributed by atoms with Gasteiger partial charge in [0.25, 0.3) is 5.91 Å². The topological polar surface area (TPSA) is 76.6 Å². The number of rotatable bonds is 1. The summed E-state index contributed by atoms with van der Waals surface area (Å²) in [5.74, 6) is -2.44. The molecule has 1 aromatic carbocycles. The van der Waals surface area contributed by atoms with Crippen molar-refractivity contribution >= 4 is 17.5 Å². The summed E-state index contributed by atoms with van der Waals surface area (Å²) in [5, 5.41) is 2.59. The van der Waals surface area contributed by atoms with Gasteiger partial charge in [0.15, 0.2) is 11.6 Å². The molecule has 0 fully saturated rings. The lowest BCUT2D eigenvalue weighted by Crippen LogP contribution is -2.28. The van der Waals surface area contributed by atoms with E-state index in [9.17, 15) is 22.4 Å². The molecule has 2 heterocycles. The molecule has 28 heavy (non-hydrogen) atoms. The summed E-state index contributed by atoms with van der Waals surface area (Å²) in [6.07, 6.45) is -3.88. The highest BCUT2D eigenvalue weighted by Gasteiger charge is 2.36.